The van der Waals surface area contributed by atoms with Crippen LogP contribution in [0.5, 0.6) is 0 Å². The molecule has 2 heterocycles. The van der Waals surface area contributed by atoms with E-state index in [9.17, 15) is 9.59 Å². The van der Waals surface area contributed by atoms with Gasteiger partial charge in [-0.2, -0.15) is 0 Å². The predicted octanol–water partition coefficient (Wildman–Crippen LogP) is 2.07. The lowest BCUT2D eigenvalue weighted by Gasteiger charge is -2.11. The zero-order valence-electron chi connectivity index (χ0n) is 12.9. The van der Waals surface area contributed by atoms with Crippen molar-refractivity contribution in [3.05, 3.63) is 50.9 Å². The number of rotatable bonds is 5. The van der Waals surface area contributed by atoms with Gasteiger partial charge in [0.05, 0.1) is 16.2 Å². The van der Waals surface area contributed by atoms with E-state index in [0.717, 1.165) is 6.42 Å². The lowest BCUT2D eigenvalue weighted by atomic mass is 10.2. The van der Waals surface area contributed by atoms with Crippen molar-refractivity contribution in [2.45, 2.75) is 37.2 Å². The van der Waals surface area contributed by atoms with Crippen LogP contribution in [0.3, 0.4) is 0 Å². The van der Waals surface area contributed by atoms with Gasteiger partial charge in [-0.1, -0.05) is 30.8 Å². The summed E-state index contributed by atoms with van der Waals surface area (Å²) >= 11 is 1.39. The van der Waals surface area contributed by atoms with Gasteiger partial charge in [0.2, 0.25) is 0 Å². The summed E-state index contributed by atoms with van der Waals surface area (Å²) in [6.07, 6.45) is 0.840. The van der Waals surface area contributed by atoms with Crippen LogP contribution in [0.25, 0.3) is 10.9 Å². The molecule has 0 unspecified atom stereocenters. The van der Waals surface area contributed by atoms with E-state index in [-0.39, 0.29) is 16.5 Å². The first-order valence-corrected chi connectivity index (χ1v) is 8.29. The molecule has 2 N–H and O–H groups in total. The number of fused-ring (bicyclic) bond motifs is 1. The van der Waals surface area contributed by atoms with Crippen LogP contribution >= 0.6 is 11.8 Å². The molecule has 0 radical (unpaired) electrons. The number of thioether (sulfide) groups is 1. The van der Waals surface area contributed by atoms with Gasteiger partial charge in [-0.05, 0) is 25.5 Å². The van der Waals surface area contributed by atoms with Gasteiger partial charge in [0, 0.05) is 6.54 Å². The van der Waals surface area contributed by atoms with Crippen molar-refractivity contribution in [3.63, 3.8) is 0 Å². The number of aromatic amines is 2. The molecule has 0 aliphatic carbocycles. The molecule has 7 nitrogen and oxygen atoms in total. The minimum atomic E-state index is -0.221. The van der Waals surface area contributed by atoms with Gasteiger partial charge >= 0.3 is 5.69 Å². The van der Waals surface area contributed by atoms with Crippen molar-refractivity contribution >= 4 is 22.7 Å². The number of aromatic nitrogens is 5. The molecule has 0 aliphatic rings. The molecule has 0 aliphatic heterocycles. The lowest BCUT2D eigenvalue weighted by Crippen LogP contribution is -2.17. The first-order valence-electron chi connectivity index (χ1n) is 7.41. The van der Waals surface area contributed by atoms with Crippen molar-refractivity contribution in [3.8, 4) is 0 Å². The fourth-order valence-electron chi connectivity index (χ4n) is 2.32. The van der Waals surface area contributed by atoms with E-state index in [4.69, 9.17) is 0 Å². The summed E-state index contributed by atoms with van der Waals surface area (Å²) < 4.78 is 1.60. The summed E-state index contributed by atoms with van der Waals surface area (Å²) in [5.74, 6) is 0.567. The maximum absolute atomic E-state index is 12.1. The molecule has 0 spiro atoms. The second-order valence-electron chi connectivity index (χ2n) is 5.19. The minimum absolute atomic E-state index is 0.141. The third-order valence-corrected chi connectivity index (χ3v) is 4.57. The molecule has 0 saturated heterocycles. The molecule has 3 aromatic rings. The Morgan fingerprint density at radius 1 is 1.30 bits per heavy atom. The third-order valence-electron chi connectivity index (χ3n) is 3.47. The van der Waals surface area contributed by atoms with Crippen molar-refractivity contribution in [1.29, 1.82) is 0 Å². The SMILES string of the molecule is CCCn1c(S[C@H](C)c2nc3ccccc3c(=O)[nH]2)n[nH]c1=O. The monoisotopic (exact) mass is 331 g/mol. The first kappa shape index (κ1) is 15.5. The second kappa shape index (κ2) is 6.41. The first-order chi connectivity index (χ1) is 11.1. The van der Waals surface area contributed by atoms with Crippen LogP contribution in [0.15, 0.2) is 39.0 Å². The van der Waals surface area contributed by atoms with Crippen molar-refractivity contribution in [2.75, 3.05) is 0 Å². The Morgan fingerprint density at radius 2 is 2.09 bits per heavy atom. The van der Waals surface area contributed by atoms with Gasteiger partial charge in [-0.25, -0.2) is 14.9 Å². The fraction of sp³-hybridized carbons (Fsp3) is 0.333. The molecule has 0 fully saturated rings. The van der Waals surface area contributed by atoms with Gasteiger partial charge in [0.25, 0.3) is 5.56 Å². The zero-order chi connectivity index (χ0) is 16.4. The molecular weight excluding hydrogens is 314 g/mol. The quantitative estimate of drug-likeness (QED) is 0.698. The summed E-state index contributed by atoms with van der Waals surface area (Å²) in [6.45, 7) is 4.53. The van der Waals surface area contributed by atoms with E-state index >= 15 is 0 Å². The summed E-state index contributed by atoms with van der Waals surface area (Å²) in [7, 11) is 0. The number of H-pyrrole nitrogens is 2. The minimum Gasteiger partial charge on any atom is -0.309 e. The standard InChI is InChI=1S/C15H17N5O2S/c1-3-8-20-14(22)18-19-15(20)23-9(2)12-16-11-7-5-4-6-10(11)13(21)17-12/h4-7,9H,3,8H2,1-2H3,(H,18,22)(H,16,17,21)/t9-/m1/s1. The number of nitrogens with zero attached hydrogens (tertiary/aromatic N) is 3. The highest BCUT2D eigenvalue weighted by Gasteiger charge is 2.16. The van der Waals surface area contributed by atoms with E-state index in [1.54, 1.807) is 10.6 Å². The summed E-state index contributed by atoms with van der Waals surface area (Å²) in [5, 5.41) is 7.54. The average Bonchev–Trinajstić information content (AvgIpc) is 2.88. The Labute approximate surface area is 136 Å². The Kier molecular flexibility index (Phi) is 4.33. The summed E-state index contributed by atoms with van der Waals surface area (Å²) in [4.78, 5) is 31.2. The summed E-state index contributed by atoms with van der Waals surface area (Å²) in [5.41, 5.74) is 0.277. The Balaban J connectivity index is 1.93. The van der Waals surface area contributed by atoms with Crippen LogP contribution in [-0.2, 0) is 6.54 Å². The molecule has 2 aromatic heterocycles. The molecule has 3 rings (SSSR count). The second-order valence-corrected chi connectivity index (χ2v) is 6.50. The van der Waals surface area contributed by atoms with Gasteiger partial charge < -0.3 is 4.98 Å². The highest BCUT2D eigenvalue weighted by molar-refractivity contribution is 7.99. The van der Waals surface area contributed by atoms with E-state index in [2.05, 4.69) is 20.2 Å². The Bertz CT molecular complexity index is 943. The highest BCUT2D eigenvalue weighted by atomic mass is 32.2. The van der Waals surface area contributed by atoms with Gasteiger partial charge in [-0.3, -0.25) is 9.36 Å². The molecule has 8 heteroatoms. The lowest BCUT2D eigenvalue weighted by molar-refractivity contribution is 0.602. The van der Waals surface area contributed by atoms with Crippen LogP contribution in [0.4, 0.5) is 0 Å². The van der Waals surface area contributed by atoms with Crippen LogP contribution in [0, 0.1) is 0 Å². The maximum atomic E-state index is 12.1. The highest BCUT2D eigenvalue weighted by Crippen LogP contribution is 2.31. The van der Waals surface area contributed by atoms with Crippen LogP contribution < -0.4 is 11.2 Å². The van der Waals surface area contributed by atoms with E-state index in [0.29, 0.717) is 28.4 Å². The fourth-order valence-corrected chi connectivity index (χ4v) is 3.26. The molecule has 0 bridgehead atoms. The van der Waals surface area contributed by atoms with Crippen molar-refractivity contribution in [1.82, 2.24) is 24.7 Å². The Morgan fingerprint density at radius 3 is 2.87 bits per heavy atom. The van der Waals surface area contributed by atoms with Crippen LogP contribution in [-0.4, -0.2) is 24.7 Å². The normalized spacial score (nSPS) is 12.6. The van der Waals surface area contributed by atoms with E-state index < -0.39 is 0 Å². The maximum Gasteiger partial charge on any atom is 0.343 e. The molecule has 1 atom stereocenters. The molecular formula is C15H17N5O2S. The van der Waals surface area contributed by atoms with Crippen molar-refractivity contribution in [2.24, 2.45) is 0 Å². The summed E-state index contributed by atoms with van der Waals surface area (Å²) in [6, 6.07) is 7.22. The molecule has 0 saturated carbocycles. The number of hydrogen-bond donors (Lipinski definition) is 2. The van der Waals surface area contributed by atoms with E-state index in [1.807, 2.05) is 32.0 Å². The molecule has 1 aromatic carbocycles. The Hall–Kier alpha value is -2.35. The zero-order valence-corrected chi connectivity index (χ0v) is 13.7. The molecule has 0 amide bonds. The van der Waals surface area contributed by atoms with Crippen molar-refractivity contribution < 1.29 is 0 Å². The van der Waals surface area contributed by atoms with Gasteiger partial charge in [-0.15, -0.1) is 5.10 Å². The predicted molar refractivity (Wildman–Crippen MR) is 89.8 cm³/mol. The smallest absolute Gasteiger partial charge is 0.309 e. The van der Waals surface area contributed by atoms with Gasteiger partial charge in [0.15, 0.2) is 5.16 Å². The molecule has 23 heavy (non-hydrogen) atoms. The average molecular weight is 331 g/mol. The number of para-hydroxylation sites is 1. The number of benzene rings is 1. The third kappa shape index (κ3) is 3.07. The number of nitrogens with one attached hydrogen (secondary N) is 2. The van der Waals surface area contributed by atoms with Crippen LogP contribution in [0.1, 0.15) is 31.3 Å². The van der Waals surface area contributed by atoms with E-state index in [1.165, 1.54) is 11.8 Å². The van der Waals surface area contributed by atoms with Gasteiger partial charge in [0.1, 0.15) is 5.82 Å². The van der Waals surface area contributed by atoms with Crippen LogP contribution in [0.2, 0.25) is 0 Å². The largest absolute Gasteiger partial charge is 0.343 e. The topological polar surface area (TPSA) is 96.4 Å². The number of hydrogen-bond acceptors (Lipinski definition) is 5. The molecule has 120 valence electrons.